The Kier molecular flexibility index (Phi) is 10.5. The van der Waals surface area contributed by atoms with E-state index in [1.165, 1.54) is 17.8 Å². The van der Waals surface area contributed by atoms with E-state index in [0.717, 1.165) is 4.90 Å². The Hall–Kier alpha value is -3.93. The number of nitriles is 4. The fourth-order valence-corrected chi connectivity index (χ4v) is 5.17. The van der Waals surface area contributed by atoms with Gasteiger partial charge in [0, 0.05) is 17.4 Å². The summed E-state index contributed by atoms with van der Waals surface area (Å²) < 4.78 is 12.5. The van der Waals surface area contributed by atoms with Crippen LogP contribution in [0, 0.1) is 45.3 Å². The summed E-state index contributed by atoms with van der Waals surface area (Å²) in [7, 11) is 0. The first-order valence-corrected chi connectivity index (χ1v) is 13.8. The molecule has 0 aromatic heterocycles. The lowest BCUT2D eigenvalue weighted by molar-refractivity contribution is -0.0774. The average Bonchev–Trinajstić information content (AvgIpc) is 2.98. The van der Waals surface area contributed by atoms with Crippen molar-refractivity contribution in [1.29, 1.82) is 21.0 Å². The second-order valence-electron chi connectivity index (χ2n) is 8.06. The number of rotatable bonds is 9. The van der Waals surface area contributed by atoms with E-state index in [4.69, 9.17) is 55.9 Å². The van der Waals surface area contributed by atoms with Gasteiger partial charge in [0.1, 0.15) is 66.6 Å². The third-order valence-electron chi connectivity index (χ3n) is 5.49. The van der Waals surface area contributed by atoms with Crippen molar-refractivity contribution in [2.45, 2.75) is 30.4 Å². The summed E-state index contributed by atoms with van der Waals surface area (Å²) in [4.78, 5) is 0.847. The van der Waals surface area contributed by atoms with Crippen LogP contribution >= 0.6 is 58.2 Å². The fourth-order valence-electron chi connectivity index (χ4n) is 3.62. The second kappa shape index (κ2) is 13.6. The number of thioether (sulfide) groups is 1. The molecule has 0 atom stereocenters. The fraction of sp³-hybridized carbons (Fsp3) is 0.143. The van der Waals surface area contributed by atoms with Crippen molar-refractivity contribution < 1.29 is 19.7 Å². The van der Waals surface area contributed by atoms with Crippen LogP contribution in [-0.4, -0.2) is 16.0 Å². The van der Waals surface area contributed by atoms with Gasteiger partial charge in [0.25, 0.3) is 5.79 Å². The monoisotopic (exact) mass is 644 g/mol. The molecular formula is C28H16Cl4N4O4S. The zero-order chi connectivity index (χ0) is 30.3. The van der Waals surface area contributed by atoms with Gasteiger partial charge in [-0.3, -0.25) is 0 Å². The standard InChI is InChI=1S/C28H16Cl4N4O4S/c1-2-8-28(9-10-41-15-6-4-3-5-7-15,39-26-18(13-35)16(11-33)24(37)20(29)22(26)31)40-27-19(14-36)17(12-34)25(38)21(30)23(27)32/h3-7,9-10,37-38H,2,8H2,1H3/b10-9+. The highest BCUT2D eigenvalue weighted by atomic mass is 35.5. The van der Waals surface area contributed by atoms with Crippen LogP contribution in [0.25, 0.3) is 0 Å². The summed E-state index contributed by atoms with van der Waals surface area (Å²) in [6, 6.07) is 16.2. The van der Waals surface area contributed by atoms with E-state index in [1.807, 2.05) is 30.3 Å². The van der Waals surface area contributed by atoms with Gasteiger partial charge in [-0.2, -0.15) is 21.0 Å². The van der Waals surface area contributed by atoms with Crippen molar-refractivity contribution in [3.05, 3.63) is 84.2 Å². The lowest BCUT2D eigenvalue weighted by atomic mass is 10.0. The number of benzene rings is 3. The van der Waals surface area contributed by atoms with Crippen molar-refractivity contribution in [3.63, 3.8) is 0 Å². The number of phenolic OH excluding ortho intramolecular Hbond substituents is 2. The van der Waals surface area contributed by atoms with E-state index < -0.39 is 61.1 Å². The van der Waals surface area contributed by atoms with Crippen LogP contribution < -0.4 is 9.47 Å². The predicted octanol–water partition coefficient (Wildman–Crippen LogP) is 8.46. The number of ether oxygens (including phenoxy) is 2. The molecule has 0 aliphatic rings. The molecule has 0 aliphatic heterocycles. The van der Waals surface area contributed by atoms with E-state index in [2.05, 4.69) is 0 Å². The van der Waals surface area contributed by atoms with Crippen LogP contribution in [0.5, 0.6) is 23.0 Å². The Morgan fingerprint density at radius 1 is 0.756 bits per heavy atom. The van der Waals surface area contributed by atoms with Gasteiger partial charge in [-0.15, -0.1) is 0 Å². The lowest BCUT2D eigenvalue weighted by Crippen LogP contribution is -2.41. The molecule has 0 fully saturated rings. The molecule has 0 spiro atoms. The Morgan fingerprint density at radius 2 is 1.20 bits per heavy atom. The SMILES string of the molecule is CCCC(/C=C/Sc1ccccc1)(Oc1c(Cl)c(Cl)c(O)c(C#N)c1C#N)Oc1c(Cl)c(Cl)c(O)c(C#N)c1C#N. The van der Waals surface area contributed by atoms with Crippen LogP contribution in [-0.2, 0) is 0 Å². The third kappa shape index (κ3) is 6.37. The van der Waals surface area contributed by atoms with Crippen molar-refractivity contribution in [1.82, 2.24) is 0 Å². The number of phenols is 2. The molecule has 3 aromatic rings. The topological polar surface area (TPSA) is 154 Å². The molecule has 0 radical (unpaired) electrons. The first-order valence-electron chi connectivity index (χ1n) is 11.4. The predicted molar refractivity (Wildman–Crippen MR) is 155 cm³/mol. The Labute approximate surface area is 259 Å². The highest BCUT2D eigenvalue weighted by molar-refractivity contribution is 8.02. The molecule has 3 aromatic carbocycles. The zero-order valence-electron chi connectivity index (χ0n) is 20.9. The van der Waals surface area contributed by atoms with Gasteiger partial charge < -0.3 is 19.7 Å². The Morgan fingerprint density at radius 3 is 1.59 bits per heavy atom. The minimum absolute atomic E-state index is 0.0298. The maximum Gasteiger partial charge on any atom is 0.272 e. The largest absolute Gasteiger partial charge is 0.505 e. The van der Waals surface area contributed by atoms with E-state index in [0.29, 0.717) is 6.42 Å². The van der Waals surface area contributed by atoms with Gasteiger partial charge in [-0.05, 0) is 24.0 Å². The number of aromatic hydroxyl groups is 2. The van der Waals surface area contributed by atoms with Crippen molar-refractivity contribution >= 4 is 58.2 Å². The average molecular weight is 646 g/mol. The molecule has 206 valence electrons. The molecule has 0 aliphatic carbocycles. The van der Waals surface area contributed by atoms with E-state index in [-0.39, 0.29) is 16.5 Å². The zero-order valence-corrected chi connectivity index (χ0v) is 24.7. The Bertz CT molecular complexity index is 1610. The smallest absolute Gasteiger partial charge is 0.272 e. The summed E-state index contributed by atoms with van der Waals surface area (Å²) in [6.07, 6.45) is 1.87. The van der Waals surface area contributed by atoms with Gasteiger partial charge in [0.15, 0.2) is 23.0 Å². The van der Waals surface area contributed by atoms with Crippen LogP contribution in [0.15, 0.2) is 46.7 Å². The molecule has 8 nitrogen and oxygen atoms in total. The van der Waals surface area contributed by atoms with E-state index >= 15 is 0 Å². The first-order chi connectivity index (χ1) is 19.6. The van der Waals surface area contributed by atoms with E-state index in [1.54, 1.807) is 36.6 Å². The summed E-state index contributed by atoms with van der Waals surface area (Å²) in [5.74, 6) is -4.12. The molecule has 0 amide bonds. The van der Waals surface area contributed by atoms with Crippen molar-refractivity contribution in [3.8, 4) is 47.3 Å². The van der Waals surface area contributed by atoms with Gasteiger partial charge in [-0.1, -0.05) is 83.3 Å². The number of halogens is 4. The summed E-state index contributed by atoms with van der Waals surface area (Å²) in [5, 5.41) is 59.5. The van der Waals surface area contributed by atoms with E-state index in [9.17, 15) is 31.3 Å². The summed E-state index contributed by atoms with van der Waals surface area (Å²) in [6.45, 7) is 1.79. The van der Waals surface area contributed by atoms with Crippen molar-refractivity contribution in [2.75, 3.05) is 0 Å². The maximum absolute atomic E-state index is 10.3. The minimum atomic E-state index is -1.92. The number of nitrogens with zero attached hydrogens (tertiary/aromatic N) is 4. The molecule has 0 heterocycles. The second-order valence-corrected chi connectivity index (χ2v) is 10.5. The molecule has 2 N–H and O–H groups in total. The van der Waals surface area contributed by atoms with Gasteiger partial charge in [-0.25, -0.2) is 0 Å². The molecule has 0 saturated carbocycles. The Balaban J connectivity index is 2.33. The highest BCUT2D eigenvalue weighted by Crippen LogP contribution is 2.49. The molecule has 0 unspecified atom stereocenters. The highest BCUT2D eigenvalue weighted by Gasteiger charge is 2.38. The third-order valence-corrected chi connectivity index (χ3v) is 7.96. The minimum Gasteiger partial charge on any atom is -0.505 e. The normalized spacial score (nSPS) is 10.9. The van der Waals surface area contributed by atoms with Crippen LogP contribution in [0.4, 0.5) is 0 Å². The molecule has 0 saturated heterocycles. The van der Waals surface area contributed by atoms with Crippen LogP contribution in [0.1, 0.15) is 42.0 Å². The van der Waals surface area contributed by atoms with Crippen molar-refractivity contribution in [2.24, 2.45) is 0 Å². The lowest BCUT2D eigenvalue weighted by Gasteiger charge is -2.34. The molecule has 3 rings (SSSR count). The van der Waals surface area contributed by atoms with Crippen LogP contribution in [0.3, 0.4) is 0 Å². The quantitative estimate of drug-likeness (QED) is 0.172. The maximum atomic E-state index is 10.3. The van der Waals surface area contributed by atoms with Gasteiger partial charge in [0.2, 0.25) is 0 Å². The van der Waals surface area contributed by atoms with Gasteiger partial charge in [0.05, 0.1) is 0 Å². The van der Waals surface area contributed by atoms with Crippen LogP contribution in [0.2, 0.25) is 20.1 Å². The van der Waals surface area contributed by atoms with Gasteiger partial charge >= 0.3 is 0 Å². The number of hydrogen-bond acceptors (Lipinski definition) is 9. The molecule has 41 heavy (non-hydrogen) atoms. The first kappa shape index (κ1) is 31.6. The number of hydrogen-bond donors (Lipinski definition) is 2. The summed E-state index contributed by atoms with van der Waals surface area (Å²) >= 11 is 26.4. The molecule has 0 bridgehead atoms. The molecule has 13 heteroatoms. The molecular weight excluding hydrogens is 630 g/mol. The summed E-state index contributed by atoms with van der Waals surface area (Å²) in [5.41, 5.74) is -1.83.